The maximum atomic E-state index is 13.1. The van der Waals surface area contributed by atoms with Gasteiger partial charge in [0.2, 0.25) is 17.1 Å². The number of carbonyl (C=O) groups excluding carboxylic acids is 1. The topological polar surface area (TPSA) is 148 Å². The molecule has 0 aliphatic carbocycles. The standard InChI is InChI=1S/C25H27N3O7/c26-22(30)11-16(24-23(31)19(29)10-15(35-24)13-28-4-2-1-3-5-28)17-8-14-9-20-21(34-7-6-33-20)12-18(14)27-25(17)32/h8-10,12,16,31H,1-7,11,13H2,(H2,26,30)(H,27,32)/t16-/m1/s1. The highest BCUT2D eigenvalue weighted by Gasteiger charge is 2.28. The Hall–Kier alpha value is -3.79. The molecule has 5 rings (SSSR count). The van der Waals surface area contributed by atoms with Gasteiger partial charge in [0.15, 0.2) is 17.3 Å². The van der Waals surface area contributed by atoms with Gasteiger partial charge in [-0.15, -0.1) is 0 Å². The molecule has 10 nitrogen and oxygen atoms in total. The molecule has 2 aliphatic rings. The van der Waals surface area contributed by atoms with Crippen LogP contribution in [0.4, 0.5) is 0 Å². The van der Waals surface area contributed by atoms with Crippen molar-refractivity contribution in [1.82, 2.24) is 9.88 Å². The second-order valence-corrected chi connectivity index (χ2v) is 8.99. The largest absolute Gasteiger partial charge is 0.502 e. The Balaban J connectivity index is 1.60. The molecule has 35 heavy (non-hydrogen) atoms. The Bertz CT molecular complexity index is 1390. The van der Waals surface area contributed by atoms with Crippen LogP contribution in [-0.2, 0) is 11.3 Å². The van der Waals surface area contributed by atoms with Gasteiger partial charge in [-0.2, -0.15) is 0 Å². The second-order valence-electron chi connectivity index (χ2n) is 8.99. The molecule has 2 aromatic heterocycles. The van der Waals surface area contributed by atoms with Gasteiger partial charge in [0.1, 0.15) is 19.0 Å². The molecule has 1 atom stereocenters. The van der Waals surface area contributed by atoms with Gasteiger partial charge in [-0.25, -0.2) is 0 Å². The van der Waals surface area contributed by atoms with E-state index >= 15 is 0 Å². The molecule has 1 fully saturated rings. The lowest BCUT2D eigenvalue weighted by molar-refractivity contribution is -0.118. The van der Waals surface area contributed by atoms with Crippen LogP contribution in [0.3, 0.4) is 0 Å². The fourth-order valence-corrected chi connectivity index (χ4v) is 4.77. The molecule has 4 N–H and O–H groups in total. The van der Waals surface area contributed by atoms with Gasteiger partial charge in [0.25, 0.3) is 5.56 Å². The Morgan fingerprint density at radius 3 is 2.49 bits per heavy atom. The van der Waals surface area contributed by atoms with Gasteiger partial charge in [-0.05, 0) is 38.1 Å². The Morgan fingerprint density at radius 1 is 1.06 bits per heavy atom. The van der Waals surface area contributed by atoms with Crippen molar-refractivity contribution < 1.29 is 23.8 Å². The summed E-state index contributed by atoms with van der Waals surface area (Å²) in [6, 6.07) is 6.25. The smallest absolute Gasteiger partial charge is 0.252 e. The average molecular weight is 482 g/mol. The number of piperidine rings is 1. The quantitative estimate of drug-likeness (QED) is 0.484. The second kappa shape index (κ2) is 9.46. The molecule has 4 heterocycles. The lowest BCUT2D eigenvalue weighted by Gasteiger charge is -2.26. The van der Waals surface area contributed by atoms with E-state index in [1.54, 1.807) is 18.2 Å². The zero-order valence-corrected chi connectivity index (χ0v) is 19.2. The summed E-state index contributed by atoms with van der Waals surface area (Å²) in [7, 11) is 0. The van der Waals surface area contributed by atoms with E-state index in [9.17, 15) is 19.5 Å². The van der Waals surface area contributed by atoms with Crippen molar-refractivity contribution in [1.29, 1.82) is 0 Å². The number of hydrogen-bond donors (Lipinski definition) is 3. The van der Waals surface area contributed by atoms with E-state index in [0.717, 1.165) is 32.4 Å². The number of benzene rings is 1. The SMILES string of the molecule is NC(=O)C[C@@H](c1oc(CN2CCCCC2)cc(=O)c1O)c1cc2cc3c(cc2[nH]c1=O)OCCO3. The molecule has 0 radical (unpaired) electrons. The Labute approximate surface area is 200 Å². The normalized spacial score (nSPS) is 16.8. The summed E-state index contributed by atoms with van der Waals surface area (Å²) in [5.41, 5.74) is 5.03. The van der Waals surface area contributed by atoms with Crippen molar-refractivity contribution in [2.75, 3.05) is 26.3 Å². The van der Waals surface area contributed by atoms with Crippen LogP contribution in [0, 0.1) is 0 Å². The minimum atomic E-state index is -1.05. The number of pyridine rings is 1. The van der Waals surface area contributed by atoms with Crippen molar-refractivity contribution in [2.24, 2.45) is 5.73 Å². The molecule has 1 amide bonds. The summed E-state index contributed by atoms with van der Waals surface area (Å²) in [5, 5.41) is 11.2. The van der Waals surface area contributed by atoms with Crippen LogP contribution >= 0.6 is 0 Å². The molecule has 2 aliphatic heterocycles. The van der Waals surface area contributed by atoms with E-state index in [4.69, 9.17) is 19.6 Å². The lowest BCUT2D eigenvalue weighted by Crippen LogP contribution is -2.29. The van der Waals surface area contributed by atoms with Crippen LogP contribution in [0.1, 0.15) is 48.7 Å². The van der Waals surface area contributed by atoms with Crippen molar-refractivity contribution in [2.45, 2.75) is 38.1 Å². The summed E-state index contributed by atoms with van der Waals surface area (Å²) in [6.07, 6.45) is 2.95. The Morgan fingerprint density at radius 2 is 1.77 bits per heavy atom. The van der Waals surface area contributed by atoms with Gasteiger partial charge in [-0.1, -0.05) is 6.42 Å². The van der Waals surface area contributed by atoms with Crippen molar-refractivity contribution in [3.8, 4) is 17.2 Å². The monoisotopic (exact) mass is 481 g/mol. The number of aromatic amines is 1. The summed E-state index contributed by atoms with van der Waals surface area (Å²) in [6.45, 7) is 2.97. The van der Waals surface area contributed by atoms with Crippen molar-refractivity contribution in [3.05, 3.63) is 61.9 Å². The highest BCUT2D eigenvalue weighted by molar-refractivity contribution is 5.84. The number of nitrogens with zero attached hydrogens (tertiary/aromatic N) is 1. The molecule has 3 aromatic rings. The van der Waals surface area contributed by atoms with Gasteiger partial charge < -0.3 is 29.7 Å². The highest BCUT2D eigenvalue weighted by Crippen LogP contribution is 2.36. The molecule has 184 valence electrons. The van der Waals surface area contributed by atoms with E-state index in [1.807, 2.05) is 0 Å². The number of aromatic nitrogens is 1. The fourth-order valence-electron chi connectivity index (χ4n) is 4.77. The molecular weight excluding hydrogens is 454 g/mol. The number of ether oxygens (including phenoxy) is 2. The number of nitrogens with one attached hydrogen (secondary N) is 1. The van der Waals surface area contributed by atoms with E-state index in [1.165, 1.54) is 6.07 Å². The van der Waals surface area contributed by atoms with Crippen LogP contribution in [-0.4, -0.2) is 47.2 Å². The van der Waals surface area contributed by atoms with Crippen molar-refractivity contribution >= 4 is 16.8 Å². The number of nitrogens with two attached hydrogens (primary N) is 1. The van der Waals surface area contributed by atoms with Gasteiger partial charge in [0, 0.05) is 29.5 Å². The minimum Gasteiger partial charge on any atom is -0.502 e. The van der Waals surface area contributed by atoms with Gasteiger partial charge in [0.05, 0.1) is 18.0 Å². The van der Waals surface area contributed by atoms with Crippen LogP contribution < -0.4 is 26.2 Å². The third-order valence-corrected chi connectivity index (χ3v) is 6.46. The number of primary amides is 1. The van der Waals surface area contributed by atoms with Crippen LogP contribution in [0.5, 0.6) is 17.2 Å². The zero-order chi connectivity index (χ0) is 24.5. The summed E-state index contributed by atoms with van der Waals surface area (Å²) < 4.78 is 17.2. The molecule has 0 spiro atoms. The van der Waals surface area contributed by atoms with E-state index in [0.29, 0.717) is 47.9 Å². The van der Waals surface area contributed by atoms with Crippen molar-refractivity contribution in [3.63, 3.8) is 0 Å². The summed E-state index contributed by atoms with van der Waals surface area (Å²) in [4.78, 5) is 42.7. The van der Waals surface area contributed by atoms with Crippen LogP contribution in [0.2, 0.25) is 0 Å². The molecule has 0 bridgehead atoms. The molecule has 1 aromatic carbocycles. The van der Waals surface area contributed by atoms with Crippen LogP contribution in [0.15, 0.2) is 38.3 Å². The first-order valence-corrected chi connectivity index (χ1v) is 11.7. The molecule has 10 heteroatoms. The first-order chi connectivity index (χ1) is 16.9. The number of H-pyrrole nitrogens is 1. The number of amides is 1. The summed E-state index contributed by atoms with van der Waals surface area (Å²) >= 11 is 0. The molecule has 1 saturated heterocycles. The predicted molar refractivity (Wildman–Crippen MR) is 127 cm³/mol. The maximum absolute atomic E-state index is 13.1. The first kappa shape index (κ1) is 23.0. The number of fused-ring (bicyclic) bond motifs is 2. The number of rotatable bonds is 6. The van der Waals surface area contributed by atoms with E-state index < -0.39 is 28.6 Å². The number of carbonyl (C=O) groups is 1. The predicted octanol–water partition coefficient (Wildman–Crippen LogP) is 1.95. The van der Waals surface area contributed by atoms with E-state index in [-0.39, 0.29) is 17.7 Å². The van der Waals surface area contributed by atoms with Gasteiger partial charge in [-0.3, -0.25) is 19.3 Å². The average Bonchev–Trinajstić information content (AvgIpc) is 2.84. The number of hydrogen-bond acceptors (Lipinski definition) is 8. The zero-order valence-electron chi connectivity index (χ0n) is 19.2. The minimum absolute atomic E-state index is 0.140. The van der Waals surface area contributed by atoms with Gasteiger partial charge >= 0.3 is 0 Å². The maximum Gasteiger partial charge on any atom is 0.252 e. The van der Waals surface area contributed by atoms with Crippen LogP contribution in [0.25, 0.3) is 10.9 Å². The molecule has 0 unspecified atom stereocenters. The molecule has 0 saturated carbocycles. The Kier molecular flexibility index (Phi) is 6.21. The molecular formula is C25H27N3O7. The third-order valence-electron chi connectivity index (χ3n) is 6.46. The lowest BCUT2D eigenvalue weighted by atomic mass is 9.91. The number of aromatic hydroxyl groups is 1. The number of likely N-dealkylation sites (tertiary alicyclic amines) is 1. The highest BCUT2D eigenvalue weighted by atomic mass is 16.6. The fraction of sp³-hybridized carbons (Fsp3) is 0.400. The van der Waals surface area contributed by atoms with E-state index in [2.05, 4.69) is 9.88 Å². The first-order valence-electron chi connectivity index (χ1n) is 11.7. The summed E-state index contributed by atoms with van der Waals surface area (Å²) in [5.74, 6) is -1.13. The third kappa shape index (κ3) is 4.74.